The van der Waals surface area contributed by atoms with Crippen LogP contribution in [0.25, 0.3) is 10.6 Å². The maximum atomic E-state index is 11.7. The molecule has 2 heterocycles. The zero-order chi connectivity index (χ0) is 18.7. The van der Waals surface area contributed by atoms with Crippen LogP contribution in [-0.2, 0) is 23.0 Å². The fourth-order valence-corrected chi connectivity index (χ4v) is 4.91. The molecule has 5 nitrogen and oxygen atoms in total. The largest absolute Gasteiger partial charge is 0.297 e. The van der Waals surface area contributed by atoms with Crippen molar-refractivity contribution in [2.24, 2.45) is 0 Å². The first-order chi connectivity index (χ1) is 12.4. The van der Waals surface area contributed by atoms with Crippen molar-refractivity contribution in [2.75, 3.05) is 26.4 Å². The Hall–Kier alpha value is -1.28. The van der Waals surface area contributed by atoms with Gasteiger partial charge in [-0.25, -0.2) is 17.7 Å². The highest BCUT2D eigenvalue weighted by atomic mass is 32.2. The molecular weight excluding hydrogens is 366 g/mol. The highest BCUT2D eigenvalue weighted by Crippen LogP contribution is 2.26. The number of nitrogens with zero attached hydrogens (tertiary/aromatic N) is 3. The molecule has 2 aromatic rings. The molecule has 0 unspecified atom stereocenters. The van der Waals surface area contributed by atoms with Crippen LogP contribution in [0.3, 0.4) is 0 Å². The maximum absolute atomic E-state index is 11.7. The molecule has 0 bridgehead atoms. The van der Waals surface area contributed by atoms with Gasteiger partial charge in [0.15, 0.2) is 0 Å². The summed E-state index contributed by atoms with van der Waals surface area (Å²) in [6.45, 7) is 4.80. The van der Waals surface area contributed by atoms with E-state index in [1.807, 2.05) is 0 Å². The van der Waals surface area contributed by atoms with E-state index in [-0.39, 0.29) is 6.04 Å². The van der Waals surface area contributed by atoms with E-state index < -0.39 is 10.0 Å². The van der Waals surface area contributed by atoms with Crippen LogP contribution in [0.2, 0.25) is 0 Å². The van der Waals surface area contributed by atoms with Gasteiger partial charge in [-0.05, 0) is 24.8 Å². The number of benzene rings is 1. The zero-order valence-corrected chi connectivity index (χ0v) is 17.3. The SMILES string of the molecule is CCc1ccc(-c2nc(CN3CCC(N(C)S(C)(=O)=O)CC3)cs2)cc1. The first kappa shape index (κ1) is 19.5. The predicted molar refractivity (Wildman–Crippen MR) is 108 cm³/mol. The molecule has 1 saturated heterocycles. The third kappa shape index (κ3) is 4.71. The molecule has 0 aliphatic carbocycles. The first-order valence-electron chi connectivity index (χ1n) is 9.06. The van der Waals surface area contributed by atoms with Gasteiger partial charge in [-0.2, -0.15) is 0 Å². The van der Waals surface area contributed by atoms with Crippen molar-refractivity contribution in [3.8, 4) is 10.6 Å². The number of rotatable bonds is 6. The smallest absolute Gasteiger partial charge is 0.211 e. The lowest BCUT2D eigenvalue weighted by Crippen LogP contribution is -2.44. The number of hydrogen-bond donors (Lipinski definition) is 0. The summed E-state index contributed by atoms with van der Waals surface area (Å²) in [4.78, 5) is 7.16. The third-order valence-corrected chi connectivity index (χ3v) is 7.43. The molecule has 0 radical (unpaired) electrons. The molecule has 0 amide bonds. The van der Waals surface area contributed by atoms with E-state index in [9.17, 15) is 8.42 Å². The van der Waals surface area contributed by atoms with Crippen LogP contribution in [0, 0.1) is 0 Å². The lowest BCUT2D eigenvalue weighted by molar-refractivity contribution is 0.163. The molecule has 0 N–H and O–H groups in total. The number of aryl methyl sites for hydroxylation is 1. The van der Waals surface area contributed by atoms with Crippen LogP contribution in [0.1, 0.15) is 31.0 Å². The normalized spacial score (nSPS) is 17.1. The van der Waals surface area contributed by atoms with Crippen LogP contribution in [0.4, 0.5) is 0 Å². The number of piperidine rings is 1. The molecule has 1 aliphatic rings. The van der Waals surface area contributed by atoms with Crippen LogP contribution < -0.4 is 0 Å². The van der Waals surface area contributed by atoms with Crippen molar-refractivity contribution in [1.82, 2.24) is 14.2 Å². The summed E-state index contributed by atoms with van der Waals surface area (Å²) in [6, 6.07) is 8.74. The van der Waals surface area contributed by atoms with E-state index in [4.69, 9.17) is 4.98 Å². The molecule has 1 aromatic heterocycles. The standard InChI is InChI=1S/C19H27N3O2S2/c1-4-15-5-7-16(8-6-15)19-20-17(14-25-19)13-22-11-9-18(10-12-22)21(2)26(3,23)24/h5-8,14,18H,4,9-13H2,1-3H3. The fraction of sp³-hybridized carbons (Fsp3) is 0.526. The zero-order valence-electron chi connectivity index (χ0n) is 15.7. The second kappa shape index (κ2) is 8.17. The van der Waals surface area contributed by atoms with Crippen molar-refractivity contribution in [2.45, 2.75) is 38.8 Å². The topological polar surface area (TPSA) is 53.5 Å². The highest BCUT2D eigenvalue weighted by molar-refractivity contribution is 7.88. The van der Waals surface area contributed by atoms with Crippen molar-refractivity contribution in [3.63, 3.8) is 0 Å². The van der Waals surface area contributed by atoms with Gasteiger partial charge < -0.3 is 0 Å². The van der Waals surface area contributed by atoms with Gasteiger partial charge >= 0.3 is 0 Å². The van der Waals surface area contributed by atoms with Crippen molar-refractivity contribution >= 4 is 21.4 Å². The minimum absolute atomic E-state index is 0.115. The lowest BCUT2D eigenvalue weighted by atomic mass is 10.1. The lowest BCUT2D eigenvalue weighted by Gasteiger charge is -2.35. The second-order valence-electron chi connectivity index (χ2n) is 6.98. The van der Waals surface area contributed by atoms with Gasteiger partial charge in [0.05, 0.1) is 11.9 Å². The van der Waals surface area contributed by atoms with Gasteiger partial charge in [-0.3, -0.25) is 4.90 Å². The molecule has 1 aromatic carbocycles. The Morgan fingerprint density at radius 3 is 2.46 bits per heavy atom. The summed E-state index contributed by atoms with van der Waals surface area (Å²) >= 11 is 1.69. The monoisotopic (exact) mass is 393 g/mol. The Morgan fingerprint density at radius 1 is 1.23 bits per heavy atom. The molecule has 142 valence electrons. The average molecular weight is 394 g/mol. The molecule has 0 spiro atoms. The molecule has 1 fully saturated rings. The fourth-order valence-electron chi connectivity index (χ4n) is 3.34. The van der Waals surface area contributed by atoms with Gasteiger partial charge in [-0.1, -0.05) is 31.2 Å². The molecule has 26 heavy (non-hydrogen) atoms. The minimum atomic E-state index is -3.11. The third-order valence-electron chi connectivity index (χ3n) is 5.14. The molecule has 0 saturated carbocycles. The summed E-state index contributed by atoms with van der Waals surface area (Å²) in [5, 5.41) is 3.20. The van der Waals surface area contributed by atoms with Gasteiger partial charge in [0.25, 0.3) is 0 Å². The van der Waals surface area contributed by atoms with E-state index in [0.29, 0.717) is 0 Å². The van der Waals surface area contributed by atoms with Crippen LogP contribution in [-0.4, -0.2) is 55.0 Å². The molecular formula is C19H27N3O2S2. The summed E-state index contributed by atoms with van der Waals surface area (Å²) in [5.41, 5.74) is 3.61. The summed E-state index contributed by atoms with van der Waals surface area (Å²) in [7, 11) is -1.42. The van der Waals surface area contributed by atoms with Crippen molar-refractivity contribution in [1.29, 1.82) is 0 Å². The Kier molecular flexibility index (Phi) is 6.12. The Bertz CT molecular complexity index is 823. The molecule has 7 heteroatoms. The van der Waals surface area contributed by atoms with Gasteiger partial charge in [0.1, 0.15) is 5.01 Å². The minimum Gasteiger partial charge on any atom is -0.297 e. The van der Waals surface area contributed by atoms with E-state index >= 15 is 0 Å². The summed E-state index contributed by atoms with van der Waals surface area (Å²) in [6.07, 6.45) is 4.08. The van der Waals surface area contributed by atoms with Crippen LogP contribution >= 0.6 is 11.3 Å². The van der Waals surface area contributed by atoms with E-state index in [2.05, 4.69) is 41.5 Å². The number of hydrogen-bond acceptors (Lipinski definition) is 5. The quantitative estimate of drug-likeness (QED) is 0.756. The molecule has 1 aliphatic heterocycles. The number of likely N-dealkylation sites (tertiary alicyclic amines) is 1. The van der Waals surface area contributed by atoms with Gasteiger partial charge in [0.2, 0.25) is 10.0 Å². The van der Waals surface area contributed by atoms with E-state index in [1.54, 1.807) is 18.4 Å². The van der Waals surface area contributed by atoms with Crippen LogP contribution in [0.5, 0.6) is 0 Å². The maximum Gasteiger partial charge on any atom is 0.211 e. The molecule has 0 atom stereocenters. The van der Waals surface area contributed by atoms with Crippen molar-refractivity contribution in [3.05, 3.63) is 40.9 Å². The van der Waals surface area contributed by atoms with Crippen LogP contribution in [0.15, 0.2) is 29.6 Å². The Labute approximate surface area is 160 Å². The summed E-state index contributed by atoms with van der Waals surface area (Å²) in [5.74, 6) is 0. The second-order valence-corrected chi connectivity index (χ2v) is 9.88. The Morgan fingerprint density at radius 2 is 1.88 bits per heavy atom. The predicted octanol–water partition coefficient (Wildman–Crippen LogP) is 3.23. The van der Waals surface area contributed by atoms with Crippen molar-refractivity contribution < 1.29 is 8.42 Å². The highest BCUT2D eigenvalue weighted by Gasteiger charge is 2.27. The number of sulfonamides is 1. The summed E-state index contributed by atoms with van der Waals surface area (Å²) < 4.78 is 24.9. The number of thiazole rings is 1. The average Bonchev–Trinajstić information content (AvgIpc) is 3.09. The number of aromatic nitrogens is 1. The van der Waals surface area contributed by atoms with E-state index in [0.717, 1.165) is 49.6 Å². The van der Waals surface area contributed by atoms with E-state index in [1.165, 1.54) is 21.7 Å². The van der Waals surface area contributed by atoms with Gasteiger partial charge in [0, 0.05) is 43.7 Å². The first-order valence-corrected chi connectivity index (χ1v) is 11.8. The Balaban J connectivity index is 1.57. The van der Waals surface area contributed by atoms with Gasteiger partial charge in [-0.15, -0.1) is 11.3 Å². The molecule has 3 rings (SSSR count).